The number of hydrogen-bond donors (Lipinski definition) is 1. The zero-order chi connectivity index (χ0) is 37.1. The monoisotopic (exact) mass is 716 g/mol. The van der Waals surface area contributed by atoms with Crippen molar-refractivity contribution in [1.29, 1.82) is 0 Å². The van der Waals surface area contributed by atoms with E-state index in [1.54, 1.807) is 4.90 Å². The number of imide groups is 1. The fraction of sp³-hybridized carbons (Fsp3) is 0.319. The summed E-state index contributed by atoms with van der Waals surface area (Å²) in [6.45, 7) is 4.25. The number of piperidine rings is 1. The summed E-state index contributed by atoms with van der Waals surface area (Å²) in [5, 5.41) is 11.8. The minimum Gasteiger partial charge on any atom is -0.507 e. The lowest BCUT2D eigenvalue weighted by Gasteiger charge is -2.55. The maximum absolute atomic E-state index is 15.2. The van der Waals surface area contributed by atoms with Gasteiger partial charge >= 0.3 is 0 Å². The van der Waals surface area contributed by atoms with Gasteiger partial charge in [-0.1, -0.05) is 121 Å². The molecule has 6 unspecified atom stereocenters. The standard InChI is InChI=1S/C47H44N2O5/c1-29-12-11-19-36(43(29)51)42-34-20-21-35-41(46(54)49(45(35)53)33-22-24-48(25-23-33)28-30-13-5-2-6-14-30)38(34)26-39-44(52)37(31-15-7-3-8-16-31)27-40(50)47(39,42)32-17-9-4-10-18-32/h2-20,27,33,35,38-39,41-42,51H,21-26,28H2,1H3. The van der Waals surface area contributed by atoms with Crippen molar-refractivity contribution in [2.45, 2.75) is 56.5 Å². The average Bonchev–Trinajstić information content (AvgIpc) is 3.46. The smallest absolute Gasteiger partial charge is 0.233 e. The second kappa shape index (κ2) is 13.5. The Morgan fingerprint density at radius 2 is 1.43 bits per heavy atom. The normalized spacial score (nSPS) is 28.6. The van der Waals surface area contributed by atoms with E-state index in [-0.39, 0.29) is 41.6 Å². The topological polar surface area (TPSA) is 95.0 Å². The molecular weight excluding hydrogens is 673 g/mol. The number of aromatic hydroxyl groups is 1. The van der Waals surface area contributed by atoms with E-state index >= 15 is 9.59 Å². The zero-order valence-corrected chi connectivity index (χ0v) is 30.4. The number of Topliss-reactive ketones (excluding diaryl/α,β-unsaturated/α-hetero) is 1. The quantitative estimate of drug-likeness (QED) is 0.168. The van der Waals surface area contributed by atoms with Gasteiger partial charge in [0.15, 0.2) is 11.6 Å². The van der Waals surface area contributed by atoms with Crippen molar-refractivity contribution in [2.24, 2.45) is 23.7 Å². The van der Waals surface area contributed by atoms with Gasteiger partial charge in [0.05, 0.1) is 17.3 Å². The first kappa shape index (κ1) is 34.4. The number of phenols is 1. The number of carbonyl (C=O) groups excluding carboxylic acids is 4. The van der Waals surface area contributed by atoms with Gasteiger partial charge in [0, 0.05) is 48.6 Å². The number of aryl methyl sites for hydroxylation is 1. The fourth-order valence-electron chi connectivity index (χ4n) is 10.7. The predicted molar refractivity (Wildman–Crippen MR) is 206 cm³/mol. The molecule has 2 saturated heterocycles. The Kier molecular flexibility index (Phi) is 8.57. The van der Waals surface area contributed by atoms with Crippen molar-refractivity contribution >= 4 is 29.0 Å². The Labute approximate surface area is 316 Å². The first-order chi connectivity index (χ1) is 26.3. The third-order valence-corrected chi connectivity index (χ3v) is 13.2. The first-order valence-electron chi connectivity index (χ1n) is 19.3. The molecule has 1 saturated carbocycles. The second-order valence-electron chi connectivity index (χ2n) is 15.8. The second-order valence-corrected chi connectivity index (χ2v) is 15.8. The van der Waals surface area contributed by atoms with Crippen molar-refractivity contribution in [1.82, 2.24) is 9.80 Å². The Hall–Kier alpha value is -5.40. The molecule has 272 valence electrons. The summed E-state index contributed by atoms with van der Waals surface area (Å²) in [5.41, 5.74) is 3.72. The summed E-state index contributed by atoms with van der Waals surface area (Å²) in [4.78, 5) is 63.5. The Bertz CT molecular complexity index is 2200. The molecule has 7 heteroatoms. The molecule has 0 radical (unpaired) electrons. The number of ketones is 2. The van der Waals surface area contributed by atoms with Crippen molar-refractivity contribution in [2.75, 3.05) is 13.1 Å². The third kappa shape index (κ3) is 5.27. The highest BCUT2D eigenvalue weighted by atomic mass is 16.3. The van der Waals surface area contributed by atoms with Crippen molar-refractivity contribution < 1.29 is 24.3 Å². The molecule has 1 N–H and O–H groups in total. The van der Waals surface area contributed by atoms with E-state index in [2.05, 4.69) is 23.1 Å². The van der Waals surface area contributed by atoms with E-state index < -0.39 is 35.0 Å². The molecule has 0 spiro atoms. The Morgan fingerprint density at radius 3 is 2.13 bits per heavy atom. The van der Waals surface area contributed by atoms with Crippen molar-refractivity contribution in [3.05, 3.63) is 155 Å². The van der Waals surface area contributed by atoms with E-state index in [4.69, 9.17) is 0 Å². The van der Waals surface area contributed by atoms with Crippen LogP contribution in [-0.2, 0) is 31.1 Å². The van der Waals surface area contributed by atoms with Crippen LogP contribution in [0, 0.1) is 30.6 Å². The molecule has 54 heavy (non-hydrogen) atoms. The summed E-state index contributed by atoms with van der Waals surface area (Å²) in [5.74, 6) is -3.73. The summed E-state index contributed by atoms with van der Waals surface area (Å²) in [7, 11) is 0. The molecule has 3 fully saturated rings. The number of fused-ring (bicyclic) bond motifs is 4. The maximum atomic E-state index is 15.2. The average molecular weight is 717 g/mol. The zero-order valence-electron chi connectivity index (χ0n) is 30.4. The molecule has 7 nitrogen and oxygen atoms in total. The number of rotatable bonds is 6. The molecule has 3 aliphatic carbocycles. The van der Waals surface area contributed by atoms with Crippen LogP contribution in [-0.4, -0.2) is 57.4 Å². The molecule has 6 atom stereocenters. The molecule has 2 heterocycles. The number of hydrogen-bond acceptors (Lipinski definition) is 6. The Balaban J connectivity index is 1.13. The molecule has 4 aromatic rings. The van der Waals surface area contributed by atoms with Gasteiger partial charge in [-0.05, 0) is 66.9 Å². The van der Waals surface area contributed by atoms with E-state index in [9.17, 15) is 14.7 Å². The summed E-state index contributed by atoms with van der Waals surface area (Å²) < 4.78 is 0. The van der Waals surface area contributed by atoms with Gasteiger partial charge in [-0.25, -0.2) is 0 Å². The van der Waals surface area contributed by atoms with Crippen LogP contribution in [0.15, 0.2) is 127 Å². The van der Waals surface area contributed by atoms with Crippen molar-refractivity contribution in [3.8, 4) is 5.75 Å². The lowest BCUT2D eigenvalue weighted by atomic mass is 9.44. The van der Waals surface area contributed by atoms with Gasteiger partial charge in [-0.3, -0.25) is 29.0 Å². The van der Waals surface area contributed by atoms with Crippen LogP contribution in [0.4, 0.5) is 0 Å². The molecular formula is C47H44N2O5. The van der Waals surface area contributed by atoms with Crippen LogP contribution in [0.2, 0.25) is 0 Å². The SMILES string of the molecule is Cc1cccc(C2C3=CCC4C(=O)N(C5CCN(Cc6ccccc6)CC5)C(=O)C4C3CC3C(=O)C(c4ccccc4)=CC(=O)C32c2ccccc2)c1O. The summed E-state index contributed by atoms with van der Waals surface area (Å²) in [6.07, 6.45) is 5.64. The van der Waals surface area contributed by atoms with Gasteiger partial charge in [0.2, 0.25) is 11.8 Å². The molecule has 2 aliphatic heterocycles. The minimum atomic E-state index is -1.37. The van der Waals surface area contributed by atoms with E-state index in [0.29, 0.717) is 47.1 Å². The number of phenolic OH excluding ortho intramolecular Hbond substituents is 1. The maximum Gasteiger partial charge on any atom is 0.233 e. The molecule has 9 rings (SSSR count). The number of carbonyl (C=O) groups is 4. The van der Waals surface area contributed by atoms with Crippen LogP contribution >= 0.6 is 0 Å². The fourth-order valence-corrected chi connectivity index (χ4v) is 10.7. The number of allylic oxidation sites excluding steroid dienone is 4. The number of nitrogens with zero attached hydrogens (tertiary/aromatic N) is 2. The highest BCUT2D eigenvalue weighted by Gasteiger charge is 2.66. The van der Waals surface area contributed by atoms with Gasteiger partial charge in [-0.2, -0.15) is 0 Å². The van der Waals surface area contributed by atoms with Crippen LogP contribution in [0.25, 0.3) is 5.57 Å². The number of likely N-dealkylation sites (tertiary alicyclic amines) is 2. The third-order valence-electron chi connectivity index (χ3n) is 13.2. The number of amides is 2. The lowest BCUT2D eigenvalue weighted by molar-refractivity contribution is -0.144. The lowest BCUT2D eigenvalue weighted by Crippen LogP contribution is -2.59. The van der Waals surface area contributed by atoms with E-state index in [0.717, 1.165) is 25.2 Å². The van der Waals surface area contributed by atoms with Crippen LogP contribution in [0.3, 0.4) is 0 Å². The molecule has 2 amide bonds. The highest BCUT2D eigenvalue weighted by Crippen LogP contribution is 2.64. The van der Waals surface area contributed by atoms with Gasteiger partial charge < -0.3 is 5.11 Å². The summed E-state index contributed by atoms with van der Waals surface area (Å²) in [6, 6.07) is 34.6. The van der Waals surface area contributed by atoms with E-state index in [1.165, 1.54) is 11.6 Å². The van der Waals surface area contributed by atoms with Crippen LogP contribution in [0.5, 0.6) is 5.75 Å². The van der Waals surface area contributed by atoms with Gasteiger partial charge in [0.1, 0.15) is 5.75 Å². The van der Waals surface area contributed by atoms with E-state index in [1.807, 2.05) is 104 Å². The van der Waals surface area contributed by atoms with Gasteiger partial charge in [-0.15, -0.1) is 0 Å². The van der Waals surface area contributed by atoms with Crippen LogP contribution in [0.1, 0.15) is 59.4 Å². The summed E-state index contributed by atoms with van der Waals surface area (Å²) >= 11 is 0. The number of para-hydroxylation sites is 1. The number of benzene rings is 4. The predicted octanol–water partition coefficient (Wildman–Crippen LogP) is 7.19. The van der Waals surface area contributed by atoms with Gasteiger partial charge in [0.25, 0.3) is 0 Å². The highest BCUT2D eigenvalue weighted by molar-refractivity contribution is 6.31. The largest absolute Gasteiger partial charge is 0.507 e. The Morgan fingerprint density at radius 1 is 0.759 bits per heavy atom. The molecule has 0 bridgehead atoms. The first-order valence-corrected chi connectivity index (χ1v) is 19.3. The van der Waals surface area contributed by atoms with Crippen molar-refractivity contribution in [3.63, 3.8) is 0 Å². The molecule has 5 aliphatic rings. The van der Waals surface area contributed by atoms with Crippen LogP contribution < -0.4 is 0 Å². The molecule has 4 aromatic carbocycles. The minimum absolute atomic E-state index is 0.0797. The molecule has 0 aromatic heterocycles.